The molecule has 0 aliphatic heterocycles. The monoisotopic (exact) mass is 432 g/mol. The van der Waals surface area contributed by atoms with Crippen molar-refractivity contribution in [1.29, 1.82) is 0 Å². The fourth-order valence-electron chi connectivity index (χ4n) is 3.17. The largest absolute Gasteiger partial charge is 0.487 e. The van der Waals surface area contributed by atoms with Crippen LogP contribution in [0.1, 0.15) is 16.8 Å². The van der Waals surface area contributed by atoms with Gasteiger partial charge in [-0.2, -0.15) is 0 Å². The molecule has 2 heterocycles. The van der Waals surface area contributed by atoms with Crippen LogP contribution < -0.4 is 20.9 Å². The summed E-state index contributed by atoms with van der Waals surface area (Å²) in [5, 5.41) is 5.27. The zero-order chi connectivity index (χ0) is 22.7. The van der Waals surface area contributed by atoms with Crippen LogP contribution in [0.15, 0.2) is 71.7 Å². The van der Waals surface area contributed by atoms with Gasteiger partial charge in [-0.05, 0) is 61.4 Å². The maximum Gasteiger partial charge on any atom is 0.323 e. The van der Waals surface area contributed by atoms with Crippen LogP contribution >= 0.6 is 0 Å². The van der Waals surface area contributed by atoms with Gasteiger partial charge in [-0.1, -0.05) is 12.1 Å². The fraction of sp³-hybridized carbons (Fsp3) is 0.125. The number of carbonyl (C=O) groups excluding carboxylic acids is 1. The predicted octanol–water partition coefficient (Wildman–Crippen LogP) is 4.67. The van der Waals surface area contributed by atoms with Crippen molar-refractivity contribution in [2.75, 3.05) is 10.6 Å². The average molecular weight is 432 g/mol. The lowest BCUT2D eigenvalue weighted by Crippen LogP contribution is -2.19. The van der Waals surface area contributed by atoms with Crippen molar-refractivity contribution < 1.29 is 13.9 Å². The zero-order valence-corrected chi connectivity index (χ0v) is 17.6. The van der Waals surface area contributed by atoms with E-state index in [4.69, 9.17) is 4.74 Å². The van der Waals surface area contributed by atoms with Crippen LogP contribution in [-0.2, 0) is 6.61 Å². The Morgan fingerprint density at radius 2 is 1.81 bits per heavy atom. The van der Waals surface area contributed by atoms with Crippen molar-refractivity contribution in [3.05, 3.63) is 99.9 Å². The molecule has 2 aromatic heterocycles. The molecule has 2 N–H and O–H groups in total. The normalized spacial score (nSPS) is 10.7. The van der Waals surface area contributed by atoms with Crippen LogP contribution in [0.3, 0.4) is 0 Å². The molecule has 0 saturated heterocycles. The highest BCUT2D eigenvalue weighted by molar-refractivity contribution is 5.99. The topological polar surface area (TPSA) is 84.7 Å². The average Bonchev–Trinajstić information content (AvgIpc) is 2.73. The first kappa shape index (κ1) is 21.0. The van der Waals surface area contributed by atoms with Crippen LogP contribution in [0.25, 0.3) is 5.65 Å². The van der Waals surface area contributed by atoms with Crippen LogP contribution in [-0.4, -0.2) is 15.4 Å². The molecule has 0 aliphatic carbocycles. The van der Waals surface area contributed by atoms with Gasteiger partial charge in [-0.3, -0.25) is 9.20 Å². The molecule has 162 valence electrons. The van der Waals surface area contributed by atoms with E-state index < -0.39 is 11.8 Å². The number of halogens is 1. The van der Waals surface area contributed by atoms with Gasteiger partial charge in [0.15, 0.2) is 0 Å². The van der Waals surface area contributed by atoms with E-state index in [1.807, 2.05) is 26.0 Å². The Morgan fingerprint density at radius 3 is 2.59 bits per heavy atom. The molecule has 0 fully saturated rings. The van der Waals surface area contributed by atoms with Gasteiger partial charge >= 0.3 is 6.03 Å². The maximum absolute atomic E-state index is 13.3. The molecular weight excluding hydrogens is 411 g/mol. The van der Waals surface area contributed by atoms with E-state index in [9.17, 15) is 14.0 Å². The first-order chi connectivity index (χ1) is 15.4. The zero-order valence-electron chi connectivity index (χ0n) is 17.6. The molecule has 8 heteroatoms. The van der Waals surface area contributed by atoms with Crippen molar-refractivity contribution in [3.63, 3.8) is 0 Å². The van der Waals surface area contributed by atoms with Crippen molar-refractivity contribution >= 4 is 23.1 Å². The molecule has 0 unspecified atom stereocenters. The molecule has 0 bridgehead atoms. The minimum absolute atomic E-state index is 0.0967. The minimum atomic E-state index is -0.509. The van der Waals surface area contributed by atoms with Gasteiger partial charge in [-0.25, -0.2) is 14.2 Å². The Hall–Kier alpha value is -4.20. The Kier molecular flexibility index (Phi) is 5.85. The first-order valence-corrected chi connectivity index (χ1v) is 9.93. The number of pyridine rings is 1. The second-order valence-electron chi connectivity index (χ2n) is 7.38. The van der Waals surface area contributed by atoms with Gasteiger partial charge in [0.2, 0.25) is 0 Å². The van der Waals surface area contributed by atoms with Crippen LogP contribution in [0.5, 0.6) is 5.75 Å². The second kappa shape index (κ2) is 8.89. The smallest absolute Gasteiger partial charge is 0.323 e. The Morgan fingerprint density at radius 1 is 1.03 bits per heavy atom. The number of aromatic nitrogens is 2. The molecule has 32 heavy (non-hydrogen) atoms. The highest BCUT2D eigenvalue weighted by Crippen LogP contribution is 2.24. The van der Waals surface area contributed by atoms with Crippen molar-refractivity contribution in [2.45, 2.75) is 20.5 Å². The number of nitrogens with one attached hydrogen (secondary N) is 2. The van der Waals surface area contributed by atoms with Crippen LogP contribution in [0.4, 0.5) is 20.6 Å². The minimum Gasteiger partial charge on any atom is -0.487 e. The summed E-state index contributed by atoms with van der Waals surface area (Å²) < 4.78 is 20.6. The lowest BCUT2D eigenvalue weighted by molar-refractivity contribution is 0.262. The van der Waals surface area contributed by atoms with E-state index in [1.165, 1.54) is 28.7 Å². The molecular formula is C24H21FN4O3. The molecule has 0 saturated carbocycles. The Balaban J connectivity index is 1.46. The summed E-state index contributed by atoms with van der Waals surface area (Å²) in [6.45, 7) is 3.90. The number of hydrogen-bond donors (Lipinski definition) is 2. The van der Waals surface area contributed by atoms with E-state index in [0.29, 0.717) is 28.5 Å². The summed E-state index contributed by atoms with van der Waals surface area (Å²) in [6.07, 6.45) is 1.69. The third-order valence-electron chi connectivity index (χ3n) is 4.78. The number of fused-ring (bicyclic) bond motifs is 1. The summed E-state index contributed by atoms with van der Waals surface area (Å²) >= 11 is 0. The van der Waals surface area contributed by atoms with E-state index in [1.54, 1.807) is 30.5 Å². The lowest BCUT2D eigenvalue weighted by Gasteiger charge is -2.13. The van der Waals surface area contributed by atoms with E-state index in [-0.39, 0.29) is 12.2 Å². The molecule has 0 spiro atoms. The molecule has 2 amide bonds. The number of aryl methyl sites for hydroxylation is 2. The molecule has 0 aliphatic rings. The van der Waals surface area contributed by atoms with Gasteiger partial charge in [0.05, 0.1) is 5.69 Å². The number of anilines is 2. The van der Waals surface area contributed by atoms with Crippen molar-refractivity contribution in [3.8, 4) is 5.75 Å². The van der Waals surface area contributed by atoms with Gasteiger partial charge in [0.25, 0.3) is 5.56 Å². The molecule has 7 nitrogen and oxygen atoms in total. The summed E-state index contributed by atoms with van der Waals surface area (Å²) in [4.78, 5) is 29.0. The maximum atomic E-state index is 13.3. The van der Waals surface area contributed by atoms with Crippen LogP contribution in [0, 0.1) is 19.7 Å². The van der Waals surface area contributed by atoms with E-state index in [0.717, 1.165) is 11.1 Å². The Labute approximate surface area is 183 Å². The number of rotatable bonds is 5. The molecule has 0 atom stereocenters. The predicted molar refractivity (Wildman–Crippen MR) is 121 cm³/mol. The molecule has 4 rings (SSSR count). The van der Waals surface area contributed by atoms with Crippen molar-refractivity contribution in [2.24, 2.45) is 0 Å². The SMILES string of the molecule is Cc1ccn2c(=O)cc(COc3cc(NC(=O)Nc4cccc(F)c4)ccc3C)nc2c1. The highest BCUT2D eigenvalue weighted by Gasteiger charge is 2.09. The standard InChI is InChI=1S/C24H21FN4O3/c1-15-8-9-29-22(10-15)26-20(13-23(29)30)14-32-21-12-19(7-6-16(21)2)28-24(31)27-18-5-3-4-17(25)11-18/h3-13H,14H2,1-2H3,(H2,27,28,31). The third-order valence-corrected chi connectivity index (χ3v) is 4.78. The second-order valence-corrected chi connectivity index (χ2v) is 7.38. The third kappa shape index (κ3) is 4.92. The summed E-state index contributed by atoms with van der Waals surface area (Å²) in [7, 11) is 0. The van der Waals surface area contributed by atoms with Gasteiger partial charge in [-0.15, -0.1) is 0 Å². The first-order valence-electron chi connectivity index (χ1n) is 9.93. The van der Waals surface area contributed by atoms with Gasteiger partial charge < -0.3 is 15.4 Å². The summed E-state index contributed by atoms with van der Waals surface area (Å²) in [6, 6.07) is 15.4. The number of ether oxygens (including phenoxy) is 1. The molecule has 2 aromatic carbocycles. The van der Waals surface area contributed by atoms with Crippen LogP contribution in [0.2, 0.25) is 0 Å². The number of hydrogen-bond acceptors (Lipinski definition) is 4. The van der Waals surface area contributed by atoms with E-state index >= 15 is 0 Å². The van der Waals surface area contributed by atoms with Gasteiger partial charge in [0, 0.05) is 29.7 Å². The summed E-state index contributed by atoms with van der Waals surface area (Å²) in [5.41, 5.74) is 3.57. The number of benzene rings is 2. The summed E-state index contributed by atoms with van der Waals surface area (Å²) in [5.74, 6) is 0.103. The number of carbonyl (C=O) groups is 1. The Bertz CT molecular complexity index is 1370. The molecule has 0 radical (unpaired) electrons. The number of urea groups is 1. The van der Waals surface area contributed by atoms with Gasteiger partial charge in [0.1, 0.15) is 23.8 Å². The van der Waals surface area contributed by atoms with Crippen molar-refractivity contribution in [1.82, 2.24) is 9.38 Å². The fourth-order valence-corrected chi connectivity index (χ4v) is 3.17. The molecule has 4 aromatic rings. The number of amides is 2. The highest BCUT2D eigenvalue weighted by atomic mass is 19.1. The van der Waals surface area contributed by atoms with E-state index in [2.05, 4.69) is 15.6 Å². The lowest BCUT2D eigenvalue weighted by atomic mass is 10.2. The number of nitrogens with zero attached hydrogens (tertiary/aromatic N) is 2. The quantitative estimate of drug-likeness (QED) is 0.480.